The van der Waals surface area contributed by atoms with Gasteiger partial charge in [0.05, 0.1) is 11.0 Å². The Kier molecular flexibility index (Phi) is 4.60. The second-order valence-electron chi connectivity index (χ2n) is 4.71. The topological polar surface area (TPSA) is 34.2 Å². The van der Waals surface area contributed by atoms with Crippen LogP contribution in [-0.2, 0) is 6.42 Å². The Bertz CT molecular complexity index is 545. The molecule has 1 aromatic carbocycles. The first-order valence-electron chi connectivity index (χ1n) is 6.87. The van der Waals surface area contributed by atoms with E-state index in [4.69, 9.17) is 4.74 Å². The maximum atomic E-state index is 6.19. The highest BCUT2D eigenvalue weighted by atomic mass is 32.2. The van der Waals surface area contributed by atoms with Crippen LogP contribution < -0.4 is 10.1 Å². The summed E-state index contributed by atoms with van der Waals surface area (Å²) in [4.78, 5) is 5.64. The second-order valence-corrected chi connectivity index (χ2v) is 6.75. The molecule has 20 heavy (non-hydrogen) atoms. The van der Waals surface area contributed by atoms with Gasteiger partial charge >= 0.3 is 0 Å². The lowest BCUT2D eigenvalue weighted by Crippen LogP contribution is -2.47. The van der Waals surface area contributed by atoms with Gasteiger partial charge in [0.15, 0.2) is 0 Å². The molecule has 1 aliphatic rings. The molecule has 5 heteroatoms. The predicted molar refractivity (Wildman–Crippen MR) is 84.9 cm³/mol. The first-order valence-corrected chi connectivity index (χ1v) is 8.73. The van der Waals surface area contributed by atoms with E-state index in [-0.39, 0.29) is 6.10 Å². The Hall–Kier alpha value is -1.04. The average Bonchev–Trinajstić information content (AvgIpc) is 2.99. The van der Waals surface area contributed by atoms with Gasteiger partial charge in [-0.15, -0.1) is 23.1 Å². The van der Waals surface area contributed by atoms with Crippen molar-refractivity contribution in [3.63, 3.8) is 0 Å². The van der Waals surface area contributed by atoms with Crippen LogP contribution in [0.25, 0.3) is 0 Å². The second kappa shape index (κ2) is 6.61. The van der Waals surface area contributed by atoms with Gasteiger partial charge in [-0.3, -0.25) is 0 Å². The molecule has 0 saturated carbocycles. The summed E-state index contributed by atoms with van der Waals surface area (Å²) in [6.07, 6.45) is 2.99. The van der Waals surface area contributed by atoms with E-state index in [0.717, 1.165) is 24.5 Å². The van der Waals surface area contributed by atoms with E-state index < -0.39 is 0 Å². The van der Waals surface area contributed by atoms with Gasteiger partial charge in [0.25, 0.3) is 0 Å². The predicted octanol–water partition coefficient (Wildman–Crippen LogP) is 3.22. The number of nitrogens with zero attached hydrogens (tertiary/aromatic N) is 1. The molecule has 1 N–H and O–H groups in total. The Morgan fingerprint density at radius 3 is 3.15 bits per heavy atom. The first kappa shape index (κ1) is 13.9. The maximum Gasteiger partial charge on any atom is 0.133 e. The molecule has 0 spiro atoms. The van der Waals surface area contributed by atoms with Crippen LogP contribution in [0.15, 0.2) is 40.7 Å². The smallest absolute Gasteiger partial charge is 0.133 e. The molecule has 106 valence electrons. The zero-order valence-electron chi connectivity index (χ0n) is 11.4. The summed E-state index contributed by atoms with van der Waals surface area (Å²) in [6, 6.07) is 8.59. The van der Waals surface area contributed by atoms with Crippen LogP contribution >= 0.6 is 23.1 Å². The maximum absolute atomic E-state index is 6.19. The number of ether oxygens (including phenoxy) is 1. The standard InChI is InChI=1S/C15H18N2OS2/c1-2-16-11(9-15-17-7-8-19-15)13-10-20-14-6-4-3-5-12(14)18-13/h3-8,11,13,16H,2,9-10H2,1H3. The van der Waals surface area contributed by atoms with Crippen molar-refractivity contribution in [2.24, 2.45) is 0 Å². The van der Waals surface area contributed by atoms with Crippen LogP contribution in [0.5, 0.6) is 5.75 Å². The fraction of sp³-hybridized carbons (Fsp3) is 0.400. The average molecular weight is 306 g/mol. The fourth-order valence-corrected chi connectivity index (χ4v) is 4.13. The van der Waals surface area contributed by atoms with Crippen LogP contribution in [0.4, 0.5) is 0 Å². The van der Waals surface area contributed by atoms with E-state index in [2.05, 4.69) is 35.4 Å². The largest absolute Gasteiger partial charge is 0.487 e. The SMILES string of the molecule is CCNC(Cc1nccs1)C1CSc2ccccc2O1. The van der Waals surface area contributed by atoms with Crippen LogP contribution in [0.1, 0.15) is 11.9 Å². The molecule has 2 atom stereocenters. The van der Waals surface area contributed by atoms with E-state index in [1.54, 1.807) is 11.3 Å². The monoisotopic (exact) mass is 306 g/mol. The molecule has 3 nitrogen and oxygen atoms in total. The number of likely N-dealkylation sites (N-methyl/N-ethyl adjacent to an activating group) is 1. The van der Waals surface area contributed by atoms with E-state index >= 15 is 0 Å². The molecule has 2 unspecified atom stereocenters. The van der Waals surface area contributed by atoms with Gasteiger partial charge in [-0.2, -0.15) is 0 Å². The summed E-state index contributed by atoms with van der Waals surface area (Å²) < 4.78 is 6.19. The normalized spacial score (nSPS) is 19.1. The highest BCUT2D eigenvalue weighted by Crippen LogP contribution is 2.36. The minimum Gasteiger partial charge on any atom is -0.487 e. The first-order chi connectivity index (χ1) is 9.86. The third-order valence-electron chi connectivity index (χ3n) is 3.32. The summed E-state index contributed by atoms with van der Waals surface area (Å²) in [5.41, 5.74) is 0. The zero-order valence-corrected chi connectivity index (χ0v) is 13.0. The van der Waals surface area contributed by atoms with Crippen molar-refractivity contribution in [2.75, 3.05) is 12.3 Å². The van der Waals surface area contributed by atoms with Crippen molar-refractivity contribution >= 4 is 23.1 Å². The molecule has 0 bridgehead atoms. The minimum atomic E-state index is 0.193. The van der Waals surface area contributed by atoms with Crippen molar-refractivity contribution in [1.82, 2.24) is 10.3 Å². The molecular weight excluding hydrogens is 288 g/mol. The van der Waals surface area contributed by atoms with Gasteiger partial charge in [-0.05, 0) is 18.7 Å². The fourth-order valence-electron chi connectivity index (χ4n) is 2.37. The van der Waals surface area contributed by atoms with Gasteiger partial charge in [-0.1, -0.05) is 19.1 Å². The summed E-state index contributed by atoms with van der Waals surface area (Å²) in [5.74, 6) is 2.00. The molecule has 2 aromatic rings. The third kappa shape index (κ3) is 3.16. The van der Waals surface area contributed by atoms with Gasteiger partial charge in [0.2, 0.25) is 0 Å². The highest BCUT2D eigenvalue weighted by Gasteiger charge is 2.28. The van der Waals surface area contributed by atoms with Crippen molar-refractivity contribution in [3.8, 4) is 5.75 Å². The van der Waals surface area contributed by atoms with E-state index in [9.17, 15) is 0 Å². The van der Waals surface area contributed by atoms with Gasteiger partial charge in [0, 0.05) is 28.6 Å². The molecule has 1 aromatic heterocycles. The molecule has 1 aliphatic heterocycles. The van der Waals surface area contributed by atoms with Gasteiger partial charge < -0.3 is 10.1 Å². The van der Waals surface area contributed by atoms with Crippen molar-refractivity contribution in [2.45, 2.75) is 30.4 Å². The molecule has 0 amide bonds. The summed E-state index contributed by atoms with van der Waals surface area (Å²) in [5, 5.41) is 6.75. The molecule has 3 rings (SSSR count). The van der Waals surface area contributed by atoms with E-state index in [1.807, 2.05) is 29.4 Å². The Labute approximate surface area is 127 Å². The molecule has 0 aliphatic carbocycles. The zero-order chi connectivity index (χ0) is 13.8. The molecular formula is C15H18N2OS2. The Morgan fingerprint density at radius 2 is 2.35 bits per heavy atom. The lowest BCUT2D eigenvalue weighted by molar-refractivity contribution is 0.166. The lowest BCUT2D eigenvalue weighted by atomic mass is 10.1. The summed E-state index contributed by atoms with van der Waals surface area (Å²) >= 11 is 3.59. The van der Waals surface area contributed by atoms with Crippen LogP contribution in [0, 0.1) is 0 Å². The molecule has 2 heterocycles. The van der Waals surface area contributed by atoms with Crippen LogP contribution in [0.2, 0.25) is 0 Å². The molecule has 0 saturated heterocycles. The number of hydrogen-bond donors (Lipinski definition) is 1. The molecule has 0 fully saturated rings. The third-order valence-corrected chi connectivity index (χ3v) is 5.27. The number of rotatable bonds is 5. The quantitative estimate of drug-likeness (QED) is 0.920. The van der Waals surface area contributed by atoms with Gasteiger partial charge in [-0.25, -0.2) is 4.98 Å². The number of nitrogens with one attached hydrogen (secondary N) is 1. The summed E-state index contributed by atoms with van der Waals surface area (Å²) in [7, 11) is 0. The number of benzene rings is 1. The van der Waals surface area contributed by atoms with Crippen LogP contribution in [0.3, 0.4) is 0 Å². The van der Waals surface area contributed by atoms with Gasteiger partial charge in [0.1, 0.15) is 11.9 Å². The van der Waals surface area contributed by atoms with Crippen molar-refractivity contribution in [3.05, 3.63) is 40.8 Å². The number of aromatic nitrogens is 1. The number of para-hydroxylation sites is 1. The number of thiazole rings is 1. The van der Waals surface area contributed by atoms with E-state index in [0.29, 0.717) is 6.04 Å². The highest BCUT2D eigenvalue weighted by molar-refractivity contribution is 7.99. The Morgan fingerprint density at radius 1 is 1.45 bits per heavy atom. The van der Waals surface area contributed by atoms with E-state index in [1.165, 1.54) is 9.90 Å². The lowest BCUT2D eigenvalue weighted by Gasteiger charge is -2.32. The number of fused-ring (bicyclic) bond motifs is 1. The molecule has 0 radical (unpaired) electrons. The number of hydrogen-bond acceptors (Lipinski definition) is 5. The Balaban J connectivity index is 1.72. The number of thioether (sulfide) groups is 1. The summed E-state index contributed by atoms with van der Waals surface area (Å²) in [6.45, 7) is 3.08. The van der Waals surface area contributed by atoms with Crippen molar-refractivity contribution < 1.29 is 4.74 Å². The minimum absolute atomic E-state index is 0.193. The van der Waals surface area contributed by atoms with Crippen LogP contribution in [-0.4, -0.2) is 29.4 Å². The van der Waals surface area contributed by atoms with Crippen molar-refractivity contribution in [1.29, 1.82) is 0 Å².